The van der Waals surface area contributed by atoms with E-state index in [-0.39, 0.29) is 11.1 Å². The maximum atomic E-state index is 14.4. The largest absolute Gasteiger partial charge is 0.369 e. The quantitative estimate of drug-likeness (QED) is 0.717. The third-order valence-corrected chi connectivity index (χ3v) is 4.69. The number of carbonyl (C=O) groups excluding carboxylic acids is 2. The van der Waals surface area contributed by atoms with Gasteiger partial charge in [-0.05, 0) is 11.6 Å². The number of nitrogens with two attached hydrogens (primary N) is 1. The average molecular weight is 353 g/mol. The summed E-state index contributed by atoms with van der Waals surface area (Å²) in [4.78, 5) is 24.5. The second kappa shape index (κ2) is 6.58. The van der Waals surface area contributed by atoms with E-state index in [0.29, 0.717) is 0 Å². The van der Waals surface area contributed by atoms with E-state index in [9.17, 15) is 24.3 Å². The van der Waals surface area contributed by atoms with Gasteiger partial charge in [0.1, 0.15) is 17.7 Å². The van der Waals surface area contributed by atoms with E-state index in [1.807, 2.05) is 6.07 Å². The molecule has 26 heavy (non-hydrogen) atoms. The average Bonchev–Trinajstić information content (AvgIpc) is 2.62. The molecule has 2 aromatic carbocycles. The predicted molar refractivity (Wildman–Crippen MR) is 89.4 cm³/mol. The van der Waals surface area contributed by atoms with Crippen molar-refractivity contribution in [2.24, 2.45) is 17.6 Å². The highest BCUT2D eigenvalue weighted by Crippen LogP contribution is 2.45. The number of rotatable bonds is 3. The number of nitriles is 1. The Morgan fingerprint density at radius 3 is 2.38 bits per heavy atom. The number of nitrogens with zero attached hydrogens (tertiary/aromatic N) is 1. The second-order valence-corrected chi connectivity index (χ2v) is 6.16. The first-order valence-corrected chi connectivity index (χ1v) is 7.93. The molecule has 0 saturated carbocycles. The van der Waals surface area contributed by atoms with E-state index in [1.165, 1.54) is 30.3 Å². The van der Waals surface area contributed by atoms with Crippen LogP contribution in [-0.4, -0.2) is 16.9 Å². The molecule has 0 spiro atoms. The second-order valence-electron chi connectivity index (χ2n) is 6.16. The molecule has 132 valence electrons. The molecule has 1 saturated heterocycles. The number of primary amides is 1. The molecule has 4 N–H and O–H groups in total. The highest BCUT2D eigenvalue weighted by Gasteiger charge is 2.56. The molecule has 3 rings (SSSR count). The van der Waals surface area contributed by atoms with Crippen molar-refractivity contribution in [1.29, 1.82) is 5.26 Å². The summed E-state index contributed by atoms with van der Waals surface area (Å²) in [5.41, 5.74) is 3.51. The van der Waals surface area contributed by atoms with Crippen LogP contribution in [0.1, 0.15) is 17.0 Å². The fourth-order valence-electron chi connectivity index (χ4n) is 3.49. The minimum absolute atomic E-state index is 0.0212. The Morgan fingerprint density at radius 2 is 1.81 bits per heavy atom. The van der Waals surface area contributed by atoms with Crippen LogP contribution in [0.5, 0.6) is 0 Å². The maximum absolute atomic E-state index is 14.4. The van der Waals surface area contributed by atoms with Gasteiger partial charge in [0.15, 0.2) is 5.72 Å². The van der Waals surface area contributed by atoms with Gasteiger partial charge in [0, 0.05) is 11.5 Å². The molecule has 1 aliphatic rings. The zero-order chi connectivity index (χ0) is 18.9. The van der Waals surface area contributed by atoms with E-state index in [0.717, 1.165) is 6.07 Å². The molecule has 0 radical (unpaired) electrons. The van der Waals surface area contributed by atoms with Crippen LogP contribution < -0.4 is 11.1 Å². The van der Waals surface area contributed by atoms with Crippen molar-refractivity contribution >= 4 is 11.8 Å². The van der Waals surface area contributed by atoms with E-state index in [1.54, 1.807) is 18.2 Å². The SMILES string of the molecule is N#C[C@@H]1[C@@H](c2ccccc2F)[C@@H](C(N)=O)C(=O)N[C@@]1(O)c1ccccc1. The Morgan fingerprint density at radius 1 is 1.19 bits per heavy atom. The van der Waals surface area contributed by atoms with Gasteiger partial charge in [0.2, 0.25) is 11.8 Å². The Labute approximate surface area is 149 Å². The van der Waals surface area contributed by atoms with E-state index >= 15 is 0 Å². The lowest BCUT2D eigenvalue weighted by atomic mass is 9.67. The fourth-order valence-corrected chi connectivity index (χ4v) is 3.49. The topological polar surface area (TPSA) is 116 Å². The van der Waals surface area contributed by atoms with Crippen LogP contribution in [-0.2, 0) is 15.3 Å². The highest BCUT2D eigenvalue weighted by atomic mass is 19.1. The summed E-state index contributed by atoms with van der Waals surface area (Å²) in [5, 5.41) is 23.3. The van der Waals surface area contributed by atoms with Gasteiger partial charge in [0.25, 0.3) is 0 Å². The van der Waals surface area contributed by atoms with Gasteiger partial charge in [-0.1, -0.05) is 48.5 Å². The molecular weight excluding hydrogens is 337 g/mol. The number of aliphatic hydroxyl groups is 1. The first-order chi connectivity index (χ1) is 12.4. The van der Waals surface area contributed by atoms with Crippen LogP contribution >= 0.6 is 0 Å². The van der Waals surface area contributed by atoms with Crippen molar-refractivity contribution in [2.45, 2.75) is 11.6 Å². The lowest BCUT2D eigenvalue weighted by Crippen LogP contribution is -2.62. The van der Waals surface area contributed by atoms with Crippen LogP contribution in [0.25, 0.3) is 0 Å². The van der Waals surface area contributed by atoms with Gasteiger partial charge in [-0.3, -0.25) is 9.59 Å². The Kier molecular flexibility index (Phi) is 4.45. The molecule has 0 unspecified atom stereocenters. The Hall–Kier alpha value is -3.24. The number of nitrogens with one attached hydrogen (secondary N) is 1. The van der Waals surface area contributed by atoms with Crippen LogP contribution in [0.4, 0.5) is 4.39 Å². The number of carbonyl (C=O) groups is 2. The molecule has 2 amide bonds. The molecule has 6 nitrogen and oxygen atoms in total. The van der Waals surface area contributed by atoms with Crippen LogP contribution in [0.3, 0.4) is 0 Å². The minimum Gasteiger partial charge on any atom is -0.369 e. The van der Waals surface area contributed by atoms with Crippen LogP contribution in [0.2, 0.25) is 0 Å². The van der Waals surface area contributed by atoms with Crippen molar-refractivity contribution in [3.63, 3.8) is 0 Å². The van der Waals surface area contributed by atoms with Crippen molar-refractivity contribution in [1.82, 2.24) is 5.32 Å². The molecule has 1 aliphatic heterocycles. The summed E-state index contributed by atoms with van der Waals surface area (Å²) in [6.07, 6.45) is 0. The molecule has 2 aromatic rings. The summed E-state index contributed by atoms with van der Waals surface area (Å²) >= 11 is 0. The molecule has 7 heteroatoms. The summed E-state index contributed by atoms with van der Waals surface area (Å²) in [7, 11) is 0. The molecule has 0 aliphatic carbocycles. The highest BCUT2D eigenvalue weighted by molar-refractivity contribution is 6.01. The number of hydrogen-bond acceptors (Lipinski definition) is 4. The predicted octanol–water partition coefficient (Wildman–Crippen LogP) is 1.13. The van der Waals surface area contributed by atoms with Gasteiger partial charge in [-0.15, -0.1) is 0 Å². The number of piperidine rings is 1. The molecule has 0 aromatic heterocycles. The van der Waals surface area contributed by atoms with Gasteiger partial charge in [-0.2, -0.15) is 5.26 Å². The van der Waals surface area contributed by atoms with Crippen molar-refractivity contribution in [2.75, 3.05) is 0 Å². The lowest BCUT2D eigenvalue weighted by molar-refractivity contribution is -0.153. The molecule has 1 heterocycles. The summed E-state index contributed by atoms with van der Waals surface area (Å²) in [6, 6.07) is 15.5. The van der Waals surface area contributed by atoms with Gasteiger partial charge in [0.05, 0.1) is 6.07 Å². The lowest BCUT2D eigenvalue weighted by Gasteiger charge is -2.44. The molecular formula is C19H16FN3O3. The first kappa shape index (κ1) is 17.6. The third kappa shape index (κ3) is 2.70. The third-order valence-electron chi connectivity index (χ3n) is 4.69. The maximum Gasteiger partial charge on any atom is 0.235 e. The zero-order valence-corrected chi connectivity index (χ0v) is 13.6. The monoisotopic (exact) mass is 353 g/mol. The van der Waals surface area contributed by atoms with E-state index in [4.69, 9.17) is 5.73 Å². The molecule has 4 atom stereocenters. The van der Waals surface area contributed by atoms with Crippen molar-refractivity contribution < 1.29 is 19.1 Å². The minimum atomic E-state index is -2.09. The number of amides is 2. The zero-order valence-electron chi connectivity index (χ0n) is 13.6. The molecule has 0 bridgehead atoms. The standard InChI is InChI=1S/C19H16FN3O3/c20-14-9-5-4-8-12(14)15-13(10-21)19(26,11-6-2-1-3-7-11)23-18(25)16(15)17(22)24/h1-9,13,15-16,26H,(H2,22,24)(H,23,25)/t13-,15-,16+,19-/m1/s1. The fraction of sp³-hybridized carbons (Fsp3) is 0.211. The summed E-state index contributed by atoms with van der Waals surface area (Å²) < 4.78 is 14.4. The van der Waals surface area contributed by atoms with Crippen LogP contribution in [0, 0.1) is 29.0 Å². The van der Waals surface area contributed by atoms with Crippen molar-refractivity contribution in [3.05, 3.63) is 71.5 Å². The van der Waals surface area contributed by atoms with Gasteiger partial charge < -0.3 is 16.2 Å². The normalized spacial score (nSPS) is 28.0. The van der Waals surface area contributed by atoms with E-state index in [2.05, 4.69) is 5.32 Å². The van der Waals surface area contributed by atoms with Gasteiger partial charge in [-0.25, -0.2) is 4.39 Å². The summed E-state index contributed by atoms with van der Waals surface area (Å²) in [5.74, 6) is -6.60. The van der Waals surface area contributed by atoms with E-state index < -0.39 is 41.1 Å². The number of benzene rings is 2. The number of hydrogen-bond donors (Lipinski definition) is 3. The van der Waals surface area contributed by atoms with Gasteiger partial charge >= 0.3 is 0 Å². The van der Waals surface area contributed by atoms with Crippen LogP contribution in [0.15, 0.2) is 54.6 Å². The Bertz CT molecular complexity index is 896. The first-order valence-electron chi connectivity index (χ1n) is 7.93. The van der Waals surface area contributed by atoms with Crippen molar-refractivity contribution in [3.8, 4) is 6.07 Å². The number of halogens is 1. The Balaban J connectivity index is 2.22. The summed E-state index contributed by atoms with van der Waals surface area (Å²) in [6.45, 7) is 0. The molecule has 1 fully saturated rings. The smallest absolute Gasteiger partial charge is 0.235 e.